The SMILES string of the molecule is CCOc1cc(/C=N\NC(=O)c2ccc(C#N)cc2F)cc(Cl)c1OCc1ccc(C)cc1. The summed E-state index contributed by atoms with van der Waals surface area (Å²) in [6, 6.07) is 16.6. The van der Waals surface area contributed by atoms with E-state index in [1.54, 1.807) is 12.1 Å². The number of carbonyl (C=O) groups excluding carboxylic acids is 1. The molecule has 0 fully saturated rings. The molecular formula is C25H21ClFN3O3. The Labute approximate surface area is 196 Å². The number of nitrogens with zero attached hydrogens (tertiary/aromatic N) is 2. The number of rotatable bonds is 8. The average molecular weight is 466 g/mol. The first kappa shape index (κ1) is 23.8. The first-order valence-electron chi connectivity index (χ1n) is 10.1. The predicted molar refractivity (Wildman–Crippen MR) is 124 cm³/mol. The number of halogens is 2. The normalized spacial score (nSPS) is 10.6. The summed E-state index contributed by atoms with van der Waals surface area (Å²) in [6.07, 6.45) is 1.36. The Kier molecular flexibility index (Phi) is 8.01. The predicted octanol–water partition coefficient (Wildman–Crippen LogP) is 5.40. The summed E-state index contributed by atoms with van der Waals surface area (Å²) in [5.41, 5.74) is 4.85. The fraction of sp³-hybridized carbons (Fsp3) is 0.160. The van der Waals surface area contributed by atoms with E-state index in [1.165, 1.54) is 18.3 Å². The molecule has 0 saturated heterocycles. The van der Waals surface area contributed by atoms with Gasteiger partial charge in [0.15, 0.2) is 11.5 Å². The number of ether oxygens (including phenoxy) is 2. The number of carbonyl (C=O) groups is 1. The molecule has 0 bridgehead atoms. The molecule has 1 amide bonds. The van der Waals surface area contributed by atoms with Crippen LogP contribution in [0.15, 0.2) is 59.7 Å². The Balaban J connectivity index is 1.72. The van der Waals surface area contributed by atoms with E-state index >= 15 is 0 Å². The Morgan fingerprint density at radius 1 is 1.18 bits per heavy atom. The van der Waals surface area contributed by atoms with Crippen molar-refractivity contribution in [2.45, 2.75) is 20.5 Å². The van der Waals surface area contributed by atoms with E-state index in [0.29, 0.717) is 35.3 Å². The van der Waals surface area contributed by atoms with Gasteiger partial charge < -0.3 is 9.47 Å². The Hall–Kier alpha value is -3.89. The van der Waals surface area contributed by atoms with Crippen LogP contribution in [0.25, 0.3) is 0 Å². The molecule has 3 rings (SSSR count). The summed E-state index contributed by atoms with van der Waals surface area (Å²) in [4.78, 5) is 12.2. The van der Waals surface area contributed by atoms with E-state index in [0.717, 1.165) is 17.2 Å². The van der Waals surface area contributed by atoms with Gasteiger partial charge in [0.05, 0.1) is 35.0 Å². The van der Waals surface area contributed by atoms with Crippen molar-refractivity contribution in [3.8, 4) is 17.6 Å². The molecular weight excluding hydrogens is 445 g/mol. The molecule has 0 radical (unpaired) electrons. The quantitative estimate of drug-likeness (QED) is 0.356. The van der Waals surface area contributed by atoms with E-state index in [1.807, 2.05) is 44.2 Å². The number of benzene rings is 3. The third-order valence-electron chi connectivity index (χ3n) is 4.56. The minimum atomic E-state index is -0.807. The van der Waals surface area contributed by atoms with Gasteiger partial charge in [0.2, 0.25) is 0 Å². The van der Waals surface area contributed by atoms with E-state index < -0.39 is 11.7 Å². The lowest BCUT2D eigenvalue weighted by Crippen LogP contribution is -2.19. The molecule has 8 heteroatoms. The van der Waals surface area contributed by atoms with Gasteiger partial charge in [0.1, 0.15) is 12.4 Å². The fourth-order valence-electron chi connectivity index (χ4n) is 2.90. The van der Waals surface area contributed by atoms with Crippen LogP contribution in [0, 0.1) is 24.1 Å². The molecule has 0 aliphatic rings. The average Bonchev–Trinajstić information content (AvgIpc) is 2.79. The highest BCUT2D eigenvalue weighted by Crippen LogP contribution is 2.37. The third-order valence-corrected chi connectivity index (χ3v) is 4.84. The van der Waals surface area contributed by atoms with Crippen molar-refractivity contribution >= 4 is 23.7 Å². The van der Waals surface area contributed by atoms with Gasteiger partial charge in [-0.05, 0) is 55.3 Å². The maximum absolute atomic E-state index is 14.0. The summed E-state index contributed by atoms with van der Waals surface area (Å²) >= 11 is 6.42. The van der Waals surface area contributed by atoms with E-state index in [9.17, 15) is 9.18 Å². The van der Waals surface area contributed by atoms with Gasteiger partial charge >= 0.3 is 0 Å². The maximum atomic E-state index is 14.0. The summed E-state index contributed by atoms with van der Waals surface area (Å²) in [7, 11) is 0. The van der Waals surface area contributed by atoms with Crippen LogP contribution in [0.1, 0.15) is 39.5 Å². The number of nitriles is 1. The number of nitrogens with one attached hydrogen (secondary N) is 1. The highest BCUT2D eigenvalue weighted by Gasteiger charge is 2.14. The monoisotopic (exact) mass is 465 g/mol. The van der Waals surface area contributed by atoms with E-state index in [-0.39, 0.29) is 11.1 Å². The maximum Gasteiger partial charge on any atom is 0.274 e. The molecule has 0 aromatic heterocycles. The molecule has 6 nitrogen and oxygen atoms in total. The number of hydrogen-bond donors (Lipinski definition) is 1. The third kappa shape index (κ3) is 6.31. The second kappa shape index (κ2) is 11.1. The van der Waals surface area contributed by atoms with Crippen LogP contribution in [-0.4, -0.2) is 18.7 Å². The Morgan fingerprint density at radius 3 is 2.61 bits per heavy atom. The zero-order chi connectivity index (χ0) is 23.8. The van der Waals surface area contributed by atoms with Crippen LogP contribution >= 0.6 is 11.6 Å². The van der Waals surface area contributed by atoms with Crippen molar-refractivity contribution in [3.05, 3.63) is 93.3 Å². The van der Waals surface area contributed by atoms with E-state index in [4.69, 9.17) is 26.3 Å². The second-order valence-electron chi connectivity index (χ2n) is 7.04. The zero-order valence-electron chi connectivity index (χ0n) is 18.1. The summed E-state index contributed by atoms with van der Waals surface area (Å²) < 4.78 is 25.5. The lowest BCUT2D eigenvalue weighted by molar-refractivity contribution is 0.0951. The summed E-state index contributed by atoms with van der Waals surface area (Å²) in [5, 5.41) is 13.0. The fourth-order valence-corrected chi connectivity index (χ4v) is 3.17. The number of aryl methyl sites for hydroxylation is 1. The van der Waals surface area contributed by atoms with Crippen LogP contribution < -0.4 is 14.9 Å². The lowest BCUT2D eigenvalue weighted by Gasteiger charge is -2.14. The number of hydrazone groups is 1. The molecule has 3 aromatic carbocycles. The van der Waals surface area contributed by atoms with Crippen LogP contribution in [-0.2, 0) is 6.61 Å². The minimum Gasteiger partial charge on any atom is -0.490 e. The van der Waals surface area contributed by atoms with Crippen molar-refractivity contribution in [2.75, 3.05) is 6.61 Å². The van der Waals surface area contributed by atoms with Crippen molar-refractivity contribution in [1.29, 1.82) is 5.26 Å². The summed E-state index contributed by atoms with van der Waals surface area (Å²) in [6.45, 7) is 4.56. The Bertz CT molecular complexity index is 1220. The molecule has 168 valence electrons. The topological polar surface area (TPSA) is 83.7 Å². The van der Waals surface area contributed by atoms with Gasteiger partial charge in [-0.1, -0.05) is 41.4 Å². The molecule has 0 aliphatic heterocycles. The van der Waals surface area contributed by atoms with Gasteiger partial charge in [-0.15, -0.1) is 0 Å². The van der Waals surface area contributed by atoms with Crippen LogP contribution in [0.3, 0.4) is 0 Å². The first-order valence-corrected chi connectivity index (χ1v) is 10.5. The van der Waals surface area contributed by atoms with Gasteiger partial charge in [0, 0.05) is 0 Å². The zero-order valence-corrected chi connectivity index (χ0v) is 18.8. The Morgan fingerprint density at radius 2 is 1.94 bits per heavy atom. The lowest BCUT2D eigenvalue weighted by atomic mass is 10.1. The molecule has 0 atom stereocenters. The molecule has 0 saturated carbocycles. The highest BCUT2D eigenvalue weighted by molar-refractivity contribution is 6.32. The molecule has 3 aromatic rings. The van der Waals surface area contributed by atoms with E-state index in [2.05, 4.69) is 10.5 Å². The smallest absolute Gasteiger partial charge is 0.274 e. The largest absolute Gasteiger partial charge is 0.490 e. The van der Waals surface area contributed by atoms with Gasteiger partial charge in [-0.3, -0.25) is 4.79 Å². The number of hydrogen-bond acceptors (Lipinski definition) is 5. The van der Waals surface area contributed by atoms with Crippen molar-refractivity contribution in [1.82, 2.24) is 5.43 Å². The number of amides is 1. The second-order valence-corrected chi connectivity index (χ2v) is 7.45. The van der Waals surface area contributed by atoms with Crippen molar-refractivity contribution in [2.24, 2.45) is 5.10 Å². The first-order chi connectivity index (χ1) is 15.9. The van der Waals surface area contributed by atoms with Crippen LogP contribution in [0.2, 0.25) is 5.02 Å². The van der Waals surface area contributed by atoms with Gasteiger partial charge in [0.25, 0.3) is 5.91 Å². The van der Waals surface area contributed by atoms with Gasteiger partial charge in [-0.2, -0.15) is 10.4 Å². The molecule has 33 heavy (non-hydrogen) atoms. The molecule has 0 heterocycles. The van der Waals surface area contributed by atoms with Crippen molar-refractivity contribution in [3.63, 3.8) is 0 Å². The van der Waals surface area contributed by atoms with Crippen LogP contribution in [0.4, 0.5) is 4.39 Å². The molecule has 0 spiro atoms. The standard InChI is InChI=1S/C25H21ClFN3O3/c1-3-32-23-12-19(10-21(26)24(23)33-15-17-6-4-16(2)5-7-17)14-29-30-25(31)20-9-8-18(13-28)11-22(20)27/h4-12,14H,3,15H2,1-2H3,(H,30,31)/b29-14-. The van der Waals surface area contributed by atoms with Crippen LogP contribution in [0.5, 0.6) is 11.5 Å². The highest BCUT2D eigenvalue weighted by atomic mass is 35.5. The minimum absolute atomic E-state index is 0.121. The van der Waals surface area contributed by atoms with Gasteiger partial charge in [-0.25, -0.2) is 9.82 Å². The molecule has 0 unspecified atom stereocenters. The van der Waals surface area contributed by atoms with Crippen molar-refractivity contribution < 1.29 is 18.7 Å². The summed E-state index contributed by atoms with van der Waals surface area (Å²) in [5.74, 6) is -0.719. The molecule has 0 aliphatic carbocycles. The molecule has 1 N–H and O–H groups in total.